The minimum Gasteiger partial charge on any atom is -0.390 e. The van der Waals surface area contributed by atoms with E-state index in [-0.39, 0.29) is 6.10 Å². The maximum absolute atomic E-state index is 10.5. The van der Waals surface area contributed by atoms with Crippen LogP contribution < -0.4 is 0 Å². The summed E-state index contributed by atoms with van der Waals surface area (Å²) in [7, 11) is 2.04. The van der Waals surface area contributed by atoms with Crippen molar-refractivity contribution in [1.82, 2.24) is 9.80 Å². The van der Waals surface area contributed by atoms with Gasteiger partial charge in [-0.2, -0.15) is 0 Å². The molecule has 0 aliphatic carbocycles. The van der Waals surface area contributed by atoms with Crippen molar-refractivity contribution >= 4 is 23.2 Å². The summed E-state index contributed by atoms with van der Waals surface area (Å²) in [6.45, 7) is 4.27. The van der Waals surface area contributed by atoms with E-state index in [0.29, 0.717) is 29.7 Å². The van der Waals surface area contributed by atoms with Crippen molar-refractivity contribution in [3.05, 3.63) is 69.7 Å². The molecule has 1 aliphatic heterocycles. The van der Waals surface area contributed by atoms with E-state index in [1.807, 2.05) is 37.4 Å². The van der Waals surface area contributed by atoms with Crippen molar-refractivity contribution in [2.45, 2.75) is 18.8 Å². The Kier molecular flexibility index (Phi) is 7.53. The molecule has 2 atom stereocenters. The number of aliphatic hydroxyl groups excluding tert-OH is 1. The number of rotatable bonds is 7. The summed E-state index contributed by atoms with van der Waals surface area (Å²) in [6.07, 6.45) is -0.464. The van der Waals surface area contributed by atoms with Crippen molar-refractivity contribution in [2.24, 2.45) is 0 Å². The van der Waals surface area contributed by atoms with Gasteiger partial charge in [-0.05, 0) is 30.3 Å². The Balaban J connectivity index is 1.50. The molecule has 146 valence electrons. The second kappa shape index (κ2) is 9.87. The van der Waals surface area contributed by atoms with Crippen molar-refractivity contribution in [3.8, 4) is 0 Å². The monoisotopic (exact) mass is 408 g/mol. The van der Waals surface area contributed by atoms with E-state index in [4.69, 9.17) is 27.9 Å². The molecule has 0 spiro atoms. The molecule has 1 fully saturated rings. The summed E-state index contributed by atoms with van der Waals surface area (Å²) < 4.78 is 5.90. The number of halogens is 2. The number of benzene rings is 2. The van der Waals surface area contributed by atoms with Crippen molar-refractivity contribution in [1.29, 1.82) is 0 Å². The molecule has 0 saturated carbocycles. The third kappa shape index (κ3) is 6.18. The van der Waals surface area contributed by atoms with E-state index >= 15 is 0 Å². The number of hydrogen-bond acceptors (Lipinski definition) is 4. The molecule has 6 heteroatoms. The van der Waals surface area contributed by atoms with Gasteiger partial charge in [-0.15, -0.1) is 0 Å². The van der Waals surface area contributed by atoms with E-state index in [0.717, 1.165) is 25.2 Å². The third-order valence-electron chi connectivity index (χ3n) is 4.75. The SMILES string of the molecule is CN(Cc1ccccc1)CC(O)CN1CCOC(c2ccc(Cl)c(Cl)c2)C1. The summed E-state index contributed by atoms with van der Waals surface area (Å²) in [5, 5.41) is 11.6. The largest absolute Gasteiger partial charge is 0.390 e. The highest BCUT2D eigenvalue weighted by molar-refractivity contribution is 6.42. The number of ether oxygens (including phenoxy) is 1. The maximum Gasteiger partial charge on any atom is 0.0952 e. The normalized spacial score (nSPS) is 19.4. The second-order valence-electron chi connectivity index (χ2n) is 7.13. The first-order valence-corrected chi connectivity index (χ1v) is 9.96. The summed E-state index contributed by atoms with van der Waals surface area (Å²) in [5.74, 6) is 0. The van der Waals surface area contributed by atoms with Crippen LogP contribution in [0.15, 0.2) is 48.5 Å². The van der Waals surface area contributed by atoms with Gasteiger partial charge >= 0.3 is 0 Å². The van der Waals surface area contributed by atoms with Gasteiger partial charge in [-0.25, -0.2) is 0 Å². The van der Waals surface area contributed by atoms with Gasteiger partial charge in [0.1, 0.15) is 0 Å². The van der Waals surface area contributed by atoms with Crippen molar-refractivity contribution in [3.63, 3.8) is 0 Å². The van der Waals surface area contributed by atoms with Crippen LogP contribution in [-0.4, -0.2) is 60.8 Å². The smallest absolute Gasteiger partial charge is 0.0952 e. The molecule has 1 saturated heterocycles. The predicted molar refractivity (Wildman–Crippen MR) is 110 cm³/mol. The first-order valence-electron chi connectivity index (χ1n) is 9.20. The van der Waals surface area contributed by atoms with Crippen LogP contribution in [0.5, 0.6) is 0 Å². The van der Waals surface area contributed by atoms with Crippen LogP contribution in [0, 0.1) is 0 Å². The molecule has 3 rings (SSSR count). The van der Waals surface area contributed by atoms with Crippen LogP contribution in [0.4, 0.5) is 0 Å². The van der Waals surface area contributed by atoms with Crippen LogP contribution in [0.2, 0.25) is 10.0 Å². The Morgan fingerprint density at radius 1 is 1.19 bits per heavy atom. The standard InChI is InChI=1S/C21H26Cl2N2O2/c1-24(12-16-5-3-2-4-6-16)13-18(26)14-25-9-10-27-21(15-25)17-7-8-19(22)20(23)11-17/h2-8,11,18,21,26H,9-10,12-15H2,1H3. The molecule has 0 amide bonds. The highest BCUT2D eigenvalue weighted by atomic mass is 35.5. The van der Waals surface area contributed by atoms with Crippen LogP contribution in [0.25, 0.3) is 0 Å². The van der Waals surface area contributed by atoms with Crippen LogP contribution in [0.3, 0.4) is 0 Å². The predicted octanol–water partition coefficient (Wildman–Crippen LogP) is 3.86. The molecule has 1 aliphatic rings. The van der Waals surface area contributed by atoms with Gasteiger partial charge in [0.2, 0.25) is 0 Å². The highest BCUT2D eigenvalue weighted by Gasteiger charge is 2.24. The zero-order valence-corrected chi connectivity index (χ0v) is 17.0. The minimum atomic E-state index is -0.411. The van der Waals surface area contributed by atoms with Gasteiger partial charge < -0.3 is 9.84 Å². The summed E-state index contributed by atoms with van der Waals surface area (Å²) in [4.78, 5) is 4.40. The minimum absolute atomic E-state index is 0.0530. The maximum atomic E-state index is 10.5. The topological polar surface area (TPSA) is 35.9 Å². The van der Waals surface area contributed by atoms with E-state index < -0.39 is 6.10 Å². The Bertz CT molecular complexity index is 729. The zero-order valence-electron chi connectivity index (χ0n) is 15.5. The number of likely N-dealkylation sites (N-methyl/N-ethyl adjacent to an activating group) is 1. The lowest BCUT2D eigenvalue weighted by molar-refractivity contribution is -0.0444. The molecule has 0 radical (unpaired) electrons. The Morgan fingerprint density at radius 2 is 1.96 bits per heavy atom. The fraction of sp³-hybridized carbons (Fsp3) is 0.429. The number of hydrogen-bond donors (Lipinski definition) is 1. The number of β-amino-alcohol motifs (C(OH)–C–C–N with tert-alkyl or cyclic N) is 1. The molecule has 2 unspecified atom stereocenters. The molecule has 27 heavy (non-hydrogen) atoms. The van der Waals surface area contributed by atoms with Crippen LogP contribution >= 0.6 is 23.2 Å². The molecule has 1 heterocycles. The Morgan fingerprint density at radius 3 is 2.70 bits per heavy atom. The second-order valence-corrected chi connectivity index (χ2v) is 7.94. The molecule has 0 bridgehead atoms. The lowest BCUT2D eigenvalue weighted by atomic mass is 10.1. The zero-order chi connectivity index (χ0) is 19.2. The molecule has 4 nitrogen and oxygen atoms in total. The van der Waals surface area contributed by atoms with E-state index in [2.05, 4.69) is 21.9 Å². The molecular weight excluding hydrogens is 383 g/mol. The van der Waals surface area contributed by atoms with Crippen LogP contribution in [-0.2, 0) is 11.3 Å². The molecule has 2 aromatic carbocycles. The molecular formula is C21H26Cl2N2O2. The average molecular weight is 409 g/mol. The summed E-state index contributed by atoms with van der Waals surface area (Å²) in [6, 6.07) is 15.9. The summed E-state index contributed by atoms with van der Waals surface area (Å²) in [5.41, 5.74) is 2.27. The van der Waals surface area contributed by atoms with Crippen LogP contribution in [0.1, 0.15) is 17.2 Å². The van der Waals surface area contributed by atoms with Crippen molar-refractivity contribution < 1.29 is 9.84 Å². The van der Waals surface area contributed by atoms with Gasteiger partial charge in [0.25, 0.3) is 0 Å². The number of nitrogens with zero attached hydrogens (tertiary/aromatic N) is 2. The lowest BCUT2D eigenvalue weighted by Gasteiger charge is -2.35. The third-order valence-corrected chi connectivity index (χ3v) is 5.49. The highest BCUT2D eigenvalue weighted by Crippen LogP contribution is 2.29. The fourth-order valence-corrected chi connectivity index (χ4v) is 3.76. The van der Waals surface area contributed by atoms with E-state index in [1.165, 1.54) is 5.56 Å². The Labute approximate surface area is 171 Å². The Hall–Kier alpha value is -1.14. The van der Waals surface area contributed by atoms with Gasteiger partial charge in [-0.3, -0.25) is 9.80 Å². The number of aliphatic hydroxyl groups is 1. The van der Waals surface area contributed by atoms with Gasteiger partial charge in [-0.1, -0.05) is 59.6 Å². The van der Waals surface area contributed by atoms with Gasteiger partial charge in [0, 0.05) is 32.7 Å². The summed E-state index contributed by atoms with van der Waals surface area (Å²) >= 11 is 12.1. The first-order chi connectivity index (χ1) is 13.0. The molecule has 0 aromatic heterocycles. The fourth-order valence-electron chi connectivity index (χ4n) is 3.46. The lowest BCUT2D eigenvalue weighted by Crippen LogP contribution is -2.44. The molecule has 2 aromatic rings. The quantitative estimate of drug-likeness (QED) is 0.754. The van der Waals surface area contributed by atoms with Crippen molar-refractivity contribution in [2.75, 3.05) is 39.8 Å². The first kappa shape index (κ1) is 20.6. The van der Waals surface area contributed by atoms with Gasteiger partial charge in [0.15, 0.2) is 0 Å². The van der Waals surface area contributed by atoms with E-state index in [1.54, 1.807) is 6.07 Å². The average Bonchev–Trinajstić information content (AvgIpc) is 2.64. The molecule has 1 N–H and O–H groups in total. The van der Waals surface area contributed by atoms with E-state index in [9.17, 15) is 5.11 Å². The van der Waals surface area contributed by atoms with Gasteiger partial charge in [0.05, 0.1) is 28.9 Å². The number of morpholine rings is 1.